The van der Waals surface area contributed by atoms with E-state index in [1.54, 1.807) is 38.1 Å². The predicted molar refractivity (Wildman–Crippen MR) is 184 cm³/mol. The first-order valence-corrected chi connectivity index (χ1v) is 16.6. The number of esters is 2. The van der Waals surface area contributed by atoms with Gasteiger partial charge in [-0.3, -0.25) is 4.90 Å². The Balaban J connectivity index is 0.000000231. The van der Waals surface area contributed by atoms with E-state index >= 15 is 0 Å². The molecule has 0 spiro atoms. The minimum atomic E-state index is -2.22. The number of aryl methyl sites for hydroxylation is 2. The summed E-state index contributed by atoms with van der Waals surface area (Å²) in [5.41, 5.74) is 4.77. The van der Waals surface area contributed by atoms with Gasteiger partial charge in [0.15, 0.2) is 0 Å². The number of carbonyl (C=O) groups excluding carboxylic acids is 3. The first kappa shape index (κ1) is 37.6. The van der Waals surface area contributed by atoms with Crippen molar-refractivity contribution >= 4 is 30.0 Å². The Kier molecular flexibility index (Phi) is 12.4. The SMILES string of the molecule is CCCNC(=O)Oc1ccc2c(c1)[C@@]1(C)CCN(CC)[C@H]1C2.Cc1ccc(C(=O)O[C@@H](C(=O)O)[C@@H](OC(=O)c2ccc(C)cc2)C(=O)O)cc1. The molecule has 1 amide bonds. The van der Waals surface area contributed by atoms with E-state index in [-0.39, 0.29) is 22.6 Å². The minimum Gasteiger partial charge on any atom is -0.478 e. The highest BCUT2D eigenvalue weighted by atomic mass is 16.6. The van der Waals surface area contributed by atoms with E-state index in [9.17, 15) is 34.2 Å². The molecular formula is C38H44N2O10. The number of likely N-dealkylation sites (tertiary alicyclic amines) is 1. The van der Waals surface area contributed by atoms with E-state index in [0.717, 1.165) is 30.5 Å². The smallest absolute Gasteiger partial charge is 0.412 e. The molecule has 5 rings (SSSR count). The maximum Gasteiger partial charge on any atom is 0.412 e. The normalized spacial score (nSPS) is 18.7. The van der Waals surface area contributed by atoms with Gasteiger partial charge in [0.1, 0.15) is 5.75 Å². The van der Waals surface area contributed by atoms with E-state index in [2.05, 4.69) is 36.2 Å². The van der Waals surface area contributed by atoms with Gasteiger partial charge in [-0.1, -0.05) is 62.2 Å². The van der Waals surface area contributed by atoms with Crippen LogP contribution in [0.1, 0.15) is 76.6 Å². The van der Waals surface area contributed by atoms with E-state index in [1.807, 2.05) is 13.0 Å². The molecule has 50 heavy (non-hydrogen) atoms. The third-order valence-corrected chi connectivity index (χ3v) is 9.14. The van der Waals surface area contributed by atoms with Crippen molar-refractivity contribution in [3.05, 3.63) is 100 Å². The summed E-state index contributed by atoms with van der Waals surface area (Å²) in [6, 6.07) is 18.8. The molecule has 1 fully saturated rings. The summed E-state index contributed by atoms with van der Waals surface area (Å²) in [6.07, 6.45) is -1.60. The van der Waals surface area contributed by atoms with E-state index in [4.69, 9.17) is 14.2 Å². The van der Waals surface area contributed by atoms with Gasteiger partial charge in [0.05, 0.1) is 11.1 Å². The van der Waals surface area contributed by atoms with Crippen molar-refractivity contribution in [2.75, 3.05) is 19.6 Å². The number of nitrogens with one attached hydrogen (secondary N) is 1. The Hall–Kier alpha value is -5.23. The van der Waals surface area contributed by atoms with Crippen LogP contribution in [0.15, 0.2) is 66.7 Å². The highest BCUT2D eigenvalue weighted by Crippen LogP contribution is 2.48. The molecule has 1 saturated heterocycles. The standard InChI is InChI=1S/C20H18O8.C18H26N2O2/c1-11-3-7-13(8-4-11)19(25)27-15(17(21)22)16(18(23)24)28-20(26)14-9-5-12(2)6-10-14;1-4-9-19-17(21)22-14-7-6-13-11-16-18(3,15(13)12-14)8-10-20(16)5-2/h3-10,15-16H,1-2H3,(H,21,22)(H,23,24);6-7,12,16H,4-5,8-11H2,1-3H3,(H,19,21)/t15-,16-;16-,18+/m10/s1. The maximum absolute atomic E-state index is 12.2. The zero-order chi connectivity index (χ0) is 36.6. The fourth-order valence-corrected chi connectivity index (χ4v) is 6.28. The van der Waals surface area contributed by atoms with Crippen molar-refractivity contribution in [3.8, 4) is 5.75 Å². The van der Waals surface area contributed by atoms with Crippen molar-refractivity contribution in [1.29, 1.82) is 0 Å². The number of hydrogen-bond donors (Lipinski definition) is 3. The molecule has 2 aliphatic rings. The van der Waals surface area contributed by atoms with Gasteiger partial charge in [-0.25, -0.2) is 24.0 Å². The average molecular weight is 689 g/mol. The quantitative estimate of drug-likeness (QED) is 0.223. The molecular weight excluding hydrogens is 644 g/mol. The van der Waals surface area contributed by atoms with Gasteiger partial charge in [0.2, 0.25) is 12.2 Å². The Morgan fingerprint density at radius 3 is 1.82 bits per heavy atom. The molecule has 1 heterocycles. The van der Waals surface area contributed by atoms with Crippen LogP contribution in [0.5, 0.6) is 5.75 Å². The number of carboxylic acids is 2. The zero-order valence-corrected chi connectivity index (χ0v) is 28.9. The summed E-state index contributed by atoms with van der Waals surface area (Å²) in [6.45, 7) is 13.1. The number of likely N-dealkylation sites (N-methyl/N-ethyl adjacent to an activating group) is 1. The second kappa shape index (κ2) is 16.4. The van der Waals surface area contributed by atoms with E-state index in [0.29, 0.717) is 18.3 Å². The van der Waals surface area contributed by atoms with Gasteiger partial charge < -0.3 is 29.7 Å². The summed E-state index contributed by atoms with van der Waals surface area (Å²) in [5.74, 6) is -4.96. The molecule has 12 heteroatoms. The van der Waals surface area contributed by atoms with Crippen LogP contribution in [0, 0.1) is 13.8 Å². The van der Waals surface area contributed by atoms with Crippen LogP contribution in [0.2, 0.25) is 0 Å². The maximum atomic E-state index is 12.2. The lowest BCUT2D eigenvalue weighted by atomic mass is 9.80. The first-order chi connectivity index (χ1) is 23.8. The largest absolute Gasteiger partial charge is 0.478 e. The number of carboxylic acid groups (broad SMARTS) is 2. The molecule has 0 saturated carbocycles. The lowest BCUT2D eigenvalue weighted by Gasteiger charge is -2.29. The summed E-state index contributed by atoms with van der Waals surface area (Å²) >= 11 is 0. The van der Waals surface area contributed by atoms with Crippen LogP contribution in [-0.2, 0) is 30.9 Å². The Morgan fingerprint density at radius 1 is 0.840 bits per heavy atom. The number of aliphatic carboxylic acids is 2. The second-order valence-electron chi connectivity index (χ2n) is 12.7. The van der Waals surface area contributed by atoms with Crippen molar-refractivity contribution < 1.29 is 48.4 Å². The number of carbonyl (C=O) groups is 5. The molecule has 0 bridgehead atoms. The number of fused-ring (bicyclic) bond motifs is 3. The van der Waals surface area contributed by atoms with Crippen LogP contribution in [0.3, 0.4) is 0 Å². The molecule has 3 aromatic carbocycles. The summed E-state index contributed by atoms with van der Waals surface area (Å²) in [5, 5.41) is 21.4. The molecule has 3 aromatic rings. The van der Waals surface area contributed by atoms with Crippen molar-refractivity contribution in [2.24, 2.45) is 0 Å². The predicted octanol–water partition coefficient (Wildman–Crippen LogP) is 5.32. The number of rotatable bonds is 11. The molecule has 3 N–H and O–H groups in total. The molecule has 4 atom stereocenters. The van der Waals surface area contributed by atoms with Crippen LogP contribution < -0.4 is 10.1 Å². The third-order valence-electron chi connectivity index (χ3n) is 9.14. The topological polar surface area (TPSA) is 169 Å². The number of ether oxygens (including phenoxy) is 3. The molecule has 266 valence electrons. The second-order valence-corrected chi connectivity index (χ2v) is 12.7. The van der Waals surface area contributed by atoms with Crippen LogP contribution in [-0.4, -0.2) is 83.0 Å². The lowest BCUT2D eigenvalue weighted by molar-refractivity contribution is -0.166. The Labute approximate surface area is 291 Å². The number of benzene rings is 3. The summed E-state index contributed by atoms with van der Waals surface area (Å²) in [7, 11) is 0. The minimum absolute atomic E-state index is 0.0332. The molecule has 1 aliphatic heterocycles. The van der Waals surface area contributed by atoms with Gasteiger partial charge in [0, 0.05) is 18.0 Å². The molecule has 0 aromatic heterocycles. The number of hydrogen-bond acceptors (Lipinski definition) is 9. The van der Waals surface area contributed by atoms with Crippen molar-refractivity contribution in [1.82, 2.24) is 10.2 Å². The van der Waals surface area contributed by atoms with Gasteiger partial charge in [-0.05, 0) is 93.7 Å². The van der Waals surface area contributed by atoms with Crippen molar-refractivity contribution in [3.63, 3.8) is 0 Å². The van der Waals surface area contributed by atoms with Crippen LogP contribution in [0.4, 0.5) is 4.79 Å². The monoisotopic (exact) mass is 688 g/mol. The van der Waals surface area contributed by atoms with Crippen LogP contribution >= 0.6 is 0 Å². The number of nitrogens with zero attached hydrogens (tertiary/aromatic N) is 1. The molecule has 1 aliphatic carbocycles. The van der Waals surface area contributed by atoms with Crippen molar-refractivity contribution in [2.45, 2.75) is 77.5 Å². The zero-order valence-electron chi connectivity index (χ0n) is 28.9. The van der Waals surface area contributed by atoms with E-state index < -0.39 is 36.1 Å². The fourth-order valence-electron chi connectivity index (χ4n) is 6.28. The van der Waals surface area contributed by atoms with Gasteiger partial charge in [0.25, 0.3) is 0 Å². The van der Waals surface area contributed by atoms with Gasteiger partial charge >= 0.3 is 30.0 Å². The van der Waals surface area contributed by atoms with E-state index in [1.165, 1.54) is 48.4 Å². The Morgan fingerprint density at radius 2 is 1.36 bits per heavy atom. The van der Waals surface area contributed by atoms with Crippen LogP contribution in [0.25, 0.3) is 0 Å². The fraction of sp³-hybridized carbons (Fsp3) is 0.395. The highest BCUT2D eigenvalue weighted by molar-refractivity contribution is 5.95. The molecule has 0 unspecified atom stereocenters. The molecule has 12 nitrogen and oxygen atoms in total. The lowest BCUT2D eigenvalue weighted by Crippen LogP contribution is -2.45. The van der Waals surface area contributed by atoms with Gasteiger partial charge in [-0.15, -0.1) is 0 Å². The third kappa shape index (κ3) is 8.86. The number of amides is 1. The highest BCUT2D eigenvalue weighted by Gasteiger charge is 2.49. The summed E-state index contributed by atoms with van der Waals surface area (Å²) < 4.78 is 15.1. The Bertz CT molecular complexity index is 1630. The molecule has 0 radical (unpaired) electrons. The summed E-state index contributed by atoms with van der Waals surface area (Å²) in [4.78, 5) is 61.7. The van der Waals surface area contributed by atoms with Gasteiger partial charge in [-0.2, -0.15) is 0 Å². The average Bonchev–Trinajstić information content (AvgIpc) is 3.56. The first-order valence-electron chi connectivity index (χ1n) is 16.6.